The average molecular weight is 354 g/mol. The summed E-state index contributed by atoms with van der Waals surface area (Å²) in [5.41, 5.74) is 0.830. The van der Waals surface area contributed by atoms with Crippen molar-refractivity contribution in [3.05, 3.63) is 64.0 Å². The highest BCUT2D eigenvalue weighted by Crippen LogP contribution is 2.21. The Bertz CT molecular complexity index is 928. The van der Waals surface area contributed by atoms with Crippen LogP contribution in [0.4, 0.5) is 11.4 Å². The van der Waals surface area contributed by atoms with E-state index in [2.05, 4.69) is 17.2 Å². The number of benzene rings is 1. The molecule has 0 aliphatic rings. The third kappa shape index (κ3) is 5.14. The predicted molar refractivity (Wildman–Crippen MR) is 92.2 cm³/mol. The summed E-state index contributed by atoms with van der Waals surface area (Å²) in [5, 5.41) is 13.4. The first-order chi connectivity index (χ1) is 12.4. The van der Waals surface area contributed by atoms with Crippen molar-refractivity contribution in [3.8, 4) is 11.8 Å². The highest BCUT2D eigenvalue weighted by molar-refractivity contribution is 5.90. The molecule has 0 bridgehead atoms. The van der Waals surface area contributed by atoms with Crippen LogP contribution in [-0.4, -0.2) is 23.4 Å². The van der Waals surface area contributed by atoms with Crippen molar-refractivity contribution >= 4 is 23.3 Å². The number of hydrogen-bond acceptors (Lipinski definition) is 5. The maximum absolute atomic E-state index is 11.9. The zero-order valence-corrected chi connectivity index (χ0v) is 14.2. The van der Waals surface area contributed by atoms with Gasteiger partial charge in [-0.25, -0.2) is 9.36 Å². The van der Waals surface area contributed by atoms with Crippen molar-refractivity contribution in [2.45, 2.75) is 6.92 Å². The number of amides is 1. The maximum atomic E-state index is 11.9. The minimum absolute atomic E-state index is 0.155. The molecule has 8 nitrogen and oxygen atoms in total. The summed E-state index contributed by atoms with van der Waals surface area (Å²) >= 11 is 0. The third-order valence-electron chi connectivity index (χ3n) is 3.20. The zero-order chi connectivity index (χ0) is 19.1. The lowest BCUT2D eigenvalue weighted by molar-refractivity contribution is -0.671. The summed E-state index contributed by atoms with van der Waals surface area (Å²) in [6, 6.07) is 7.25. The van der Waals surface area contributed by atoms with Gasteiger partial charge in [-0.05, 0) is 12.1 Å². The van der Waals surface area contributed by atoms with E-state index in [1.807, 2.05) is 0 Å². The van der Waals surface area contributed by atoms with Gasteiger partial charge in [0.15, 0.2) is 19.0 Å². The number of carbonyl (C=O) groups is 2. The number of nitro groups is 1. The molecular formula is C18H16N3O5+. The van der Waals surface area contributed by atoms with Crippen LogP contribution in [0.25, 0.3) is 0 Å². The topological polar surface area (TPSA) is 102 Å². The van der Waals surface area contributed by atoms with Crippen LogP contribution in [0.15, 0.2) is 42.7 Å². The van der Waals surface area contributed by atoms with E-state index >= 15 is 0 Å². The molecule has 0 aliphatic heterocycles. The van der Waals surface area contributed by atoms with Crippen molar-refractivity contribution < 1.29 is 23.8 Å². The minimum atomic E-state index is -0.557. The first-order valence-corrected chi connectivity index (χ1v) is 7.54. The standard InChI is InChI=1S/C18H15N3O5/c1-13(22)19-17-8-7-16(21(24)25)11-14(17)6-4-10-26-18(23)15-5-3-9-20(2)12-15/h3,5,7-9,11-12H,10H2,1-2H3/p+1. The average Bonchev–Trinajstić information content (AvgIpc) is 2.59. The smallest absolute Gasteiger partial charge is 0.345 e. The fourth-order valence-electron chi connectivity index (χ4n) is 2.07. The van der Waals surface area contributed by atoms with Crippen LogP contribution in [0.1, 0.15) is 22.8 Å². The molecule has 1 aromatic carbocycles. The van der Waals surface area contributed by atoms with Gasteiger partial charge in [0.1, 0.15) is 12.6 Å². The zero-order valence-electron chi connectivity index (χ0n) is 14.2. The van der Waals surface area contributed by atoms with Gasteiger partial charge in [-0.2, -0.15) is 0 Å². The summed E-state index contributed by atoms with van der Waals surface area (Å²) < 4.78 is 6.77. The van der Waals surface area contributed by atoms with Gasteiger partial charge >= 0.3 is 5.97 Å². The van der Waals surface area contributed by atoms with E-state index < -0.39 is 10.9 Å². The van der Waals surface area contributed by atoms with E-state index in [0.717, 1.165) is 0 Å². The number of aromatic nitrogens is 1. The molecule has 0 atom stereocenters. The fourth-order valence-corrected chi connectivity index (χ4v) is 2.07. The first kappa shape index (κ1) is 18.6. The Hall–Kier alpha value is -3.73. The van der Waals surface area contributed by atoms with E-state index in [1.54, 1.807) is 36.1 Å². The number of anilines is 1. The number of nitrogens with one attached hydrogen (secondary N) is 1. The second-order valence-corrected chi connectivity index (χ2v) is 5.30. The van der Waals surface area contributed by atoms with Crippen LogP contribution in [0.2, 0.25) is 0 Å². The van der Waals surface area contributed by atoms with E-state index in [-0.39, 0.29) is 23.8 Å². The van der Waals surface area contributed by atoms with Crippen molar-refractivity contribution in [1.29, 1.82) is 0 Å². The van der Waals surface area contributed by atoms with Crippen LogP contribution in [0.5, 0.6) is 0 Å². The van der Waals surface area contributed by atoms with Crippen molar-refractivity contribution in [1.82, 2.24) is 0 Å². The van der Waals surface area contributed by atoms with E-state index in [4.69, 9.17) is 4.74 Å². The van der Waals surface area contributed by atoms with Crippen molar-refractivity contribution in [2.24, 2.45) is 7.05 Å². The lowest BCUT2D eigenvalue weighted by Crippen LogP contribution is -2.28. The quantitative estimate of drug-likeness (QED) is 0.295. The van der Waals surface area contributed by atoms with Crippen LogP contribution in [0.3, 0.4) is 0 Å². The Kier molecular flexibility index (Phi) is 6.01. The summed E-state index contributed by atoms with van der Waals surface area (Å²) in [4.78, 5) is 33.5. The van der Waals surface area contributed by atoms with E-state index in [9.17, 15) is 19.7 Å². The largest absolute Gasteiger partial charge is 0.449 e. The van der Waals surface area contributed by atoms with Gasteiger partial charge in [-0.15, -0.1) is 0 Å². The lowest BCUT2D eigenvalue weighted by Gasteiger charge is -2.05. The number of aryl methyl sites for hydroxylation is 1. The molecule has 2 aromatic rings. The molecule has 1 amide bonds. The Balaban J connectivity index is 2.12. The number of esters is 1. The number of non-ortho nitro benzene ring substituents is 1. The molecule has 0 aliphatic carbocycles. The van der Waals surface area contributed by atoms with E-state index in [1.165, 1.54) is 25.1 Å². The van der Waals surface area contributed by atoms with Gasteiger partial charge in [0.2, 0.25) is 5.91 Å². The Morgan fingerprint density at radius 1 is 1.35 bits per heavy atom. The third-order valence-corrected chi connectivity index (χ3v) is 3.20. The molecule has 1 aromatic heterocycles. The van der Waals surface area contributed by atoms with Gasteiger partial charge in [-0.1, -0.05) is 11.8 Å². The number of nitro benzene ring substituents is 1. The SMILES string of the molecule is CC(=O)Nc1ccc([N+](=O)[O-])cc1C#CCOC(=O)c1ccc[n+](C)c1. The fraction of sp³-hybridized carbons (Fsp3) is 0.167. The van der Waals surface area contributed by atoms with E-state index in [0.29, 0.717) is 11.3 Å². The molecule has 132 valence electrons. The highest BCUT2D eigenvalue weighted by atomic mass is 16.6. The number of carbonyl (C=O) groups excluding carboxylic acids is 2. The molecule has 8 heteroatoms. The molecule has 0 fully saturated rings. The number of hydrogen-bond donors (Lipinski definition) is 1. The molecular weight excluding hydrogens is 338 g/mol. The number of pyridine rings is 1. The molecule has 1 heterocycles. The first-order valence-electron chi connectivity index (χ1n) is 7.54. The molecule has 26 heavy (non-hydrogen) atoms. The van der Waals surface area contributed by atoms with Crippen LogP contribution in [0, 0.1) is 22.0 Å². The monoisotopic (exact) mass is 354 g/mol. The highest BCUT2D eigenvalue weighted by Gasteiger charge is 2.11. The number of nitrogens with zero attached hydrogens (tertiary/aromatic N) is 2. The Labute approximate surface area is 149 Å². The molecule has 1 N–H and O–H groups in total. The lowest BCUT2D eigenvalue weighted by atomic mass is 10.1. The van der Waals surface area contributed by atoms with Gasteiger partial charge in [0.25, 0.3) is 5.69 Å². The van der Waals surface area contributed by atoms with Crippen LogP contribution in [-0.2, 0) is 16.6 Å². The minimum Gasteiger partial charge on any atom is -0.449 e. The molecule has 0 spiro atoms. The second kappa shape index (κ2) is 8.39. The second-order valence-electron chi connectivity index (χ2n) is 5.30. The predicted octanol–water partition coefficient (Wildman–Crippen LogP) is 1.59. The molecule has 0 radical (unpaired) electrons. The maximum Gasteiger partial charge on any atom is 0.345 e. The van der Waals surface area contributed by atoms with Crippen LogP contribution >= 0.6 is 0 Å². The Morgan fingerprint density at radius 3 is 2.77 bits per heavy atom. The van der Waals surface area contributed by atoms with Gasteiger partial charge in [0.05, 0.1) is 16.2 Å². The van der Waals surface area contributed by atoms with Crippen molar-refractivity contribution in [3.63, 3.8) is 0 Å². The van der Waals surface area contributed by atoms with Crippen molar-refractivity contribution in [2.75, 3.05) is 11.9 Å². The van der Waals surface area contributed by atoms with Crippen LogP contribution < -0.4 is 9.88 Å². The molecule has 2 rings (SSSR count). The number of rotatable bonds is 4. The molecule has 0 saturated heterocycles. The molecule has 0 unspecified atom stereocenters. The molecule has 0 saturated carbocycles. The Morgan fingerprint density at radius 2 is 2.12 bits per heavy atom. The normalized spacial score (nSPS) is 9.62. The van der Waals surface area contributed by atoms with Gasteiger partial charge in [-0.3, -0.25) is 14.9 Å². The van der Waals surface area contributed by atoms with Gasteiger partial charge in [0, 0.05) is 25.1 Å². The summed E-state index contributed by atoms with van der Waals surface area (Å²) in [7, 11) is 1.78. The summed E-state index contributed by atoms with van der Waals surface area (Å²) in [6.07, 6.45) is 3.40. The summed E-state index contributed by atoms with van der Waals surface area (Å²) in [6.45, 7) is 1.12. The summed E-state index contributed by atoms with van der Waals surface area (Å²) in [5.74, 6) is 4.44. The van der Waals surface area contributed by atoms with Gasteiger partial charge < -0.3 is 10.1 Å². The number of ether oxygens (including phenoxy) is 1.